The first-order valence-corrected chi connectivity index (χ1v) is 15.4. The monoisotopic (exact) mass is 657 g/mol. The van der Waals surface area contributed by atoms with Gasteiger partial charge < -0.3 is 20.1 Å². The summed E-state index contributed by atoms with van der Waals surface area (Å²) in [5.74, 6) is -3.45. The van der Waals surface area contributed by atoms with Gasteiger partial charge in [-0.1, -0.05) is 23.9 Å². The van der Waals surface area contributed by atoms with E-state index in [1.54, 1.807) is 27.7 Å². The van der Waals surface area contributed by atoms with Crippen LogP contribution < -0.4 is 10.6 Å². The van der Waals surface area contributed by atoms with Gasteiger partial charge in [0.2, 0.25) is 5.91 Å². The lowest BCUT2D eigenvalue weighted by Crippen LogP contribution is -2.26. The van der Waals surface area contributed by atoms with Gasteiger partial charge in [0.25, 0.3) is 5.91 Å². The van der Waals surface area contributed by atoms with Crippen molar-refractivity contribution < 1.29 is 37.4 Å². The van der Waals surface area contributed by atoms with E-state index in [9.17, 15) is 28.0 Å². The molecule has 0 unspecified atom stereocenters. The topological polar surface area (TPSA) is 142 Å². The highest BCUT2D eigenvalue weighted by molar-refractivity contribution is 8.00. The van der Waals surface area contributed by atoms with Gasteiger partial charge in [0, 0.05) is 5.69 Å². The fourth-order valence-corrected chi connectivity index (χ4v) is 6.09. The van der Waals surface area contributed by atoms with E-state index in [0.29, 0.717) is 11.3 Å². The summed E-state index contributed by atoms with van der Waals surface area (Å²) in [7, 11) is 0. The van der Waals surface area contributed by atoms with Crippen molar-refractivity contribution in [2.45, 2.75) is 44.6 Å². The minimum Gasteiger partial charge on any atom is -0.462 e. The van der Waals surface area contributed by atoms with E-state index in [2.05, 4.69) is 20.8 Å². The molecular formula is C30H29F2N5O6S2. The van der Waals surface area contributed by atoms with Crippen molar-refractivity contribution in [2.24, 2.45) is 0 Å². The normalized spacial score (nSPS) is 11.5. The summed E-state index contributed by atoms with van der Waals surface area (Å²) in [5.41, 5.74) is 0.676. The van der Waals surface area contributed by atoms with Crippen LogP contribution in [0, 0.1) is 18.6 Å². The van der Waals surface area contributed by atoms with Gasteiger partial charge in [0.1, 0.15) is 21.5 Å². The number of esters is 2. The predicted octanol–water partition coefficient (Wildman–Crippen LogP) is 5.32. The molecule has 2 amide bonds. The van der Waals surface area contributed by atoms with Gasteiger partial charge in [-0.25, -0.2) is 18.4 Å². The number of rotatable bonds is 12. The Bertz CT molecular complexity index is 1720. The van der Waals surface area contributed by atoms with E-state index >= 15 is 0 Å². The molecule has 0 aliphatic carbocycles. The lowest BCUT2D eigenvalue weighted by molar-refractivity contribution is -0.115. The second-order valence-corrected chi connectivity index (χ2v) is 11.7. The molecule has 45 heavy (non-hydrogen) atoms. The molecule has 15 heteroatoms. The lowest BCUT2D eigenvalue weighted by Gasteiger charge is -2.14. The number of aromatic nitrogens is 3. The summed E-state index contributed by atoms with van der Waals surface area (Å²) in [4.78, 5) is 51.4. The van der Waals surface area contributed by atoms with E-state index in [4.69, 9.17) is 9.47 Å². The van der Waals surface area contributed by atoms with Crippen LogP contribution in [-0.4, -0.2) is 57.0 Å². The van der Waals surface area contributed by atoms with Crippen LogP contribution in [0.4, 0.5) is 13.8 Å². The molecule has 0 aliphatic heterocycles. The fraction of sp³-hybridized carbons (Fsp3) is 0.267. The third-order valence-electron chi connectivity index (χ3n) is 6.29. The van der Waals surface area contributed by atoms with Gasteiger partial charge in [-0.2, -0.15) is 0 Å². The Morgan fingerprint density at radius 2 is 1.64 bits per heavy atom. The quantitative estimate of drug-likeness (QED) is 0.153. The van der Waals surface area contributed by atoms with Crippen LogP contribution in [0.2, 0.25) is 0 Å². The molecular weight excluding hydrogens is 628 g/mol. The molecule has 4 aromatic rings. The van der Waals surface area contributed by atoms with Crippen molar-refractivity contribution in [3.8, 4) is 5.69 Å². The van der Waals surface area contributed by atoms with Gasteiger partial charge in [-0.3, -0.25) is 14.2 Å². The first kappa shape index (κ1) is 33.3. The zero-order valence-corrected chi connectivity index (χ0v) is 26.3. The molecule has 2 aromatic carbocycles. The van der Waals surface area contributed by atoms with E-state index in [1.165, 1.54) is 53.1 Å². The van der Waals surface area contributed by atoms with Gasteiger partial charge in [0.05, 0.1) is 36.1 Å². The molecule has 0 saturated carbocycles. The SMILES string of the molecule is CCOC(=O)c1sc(NC(=O)[C@H](C)Sc2nnc(CNC(=O)c3ccccc3F)n2-c2ccc(F)cc2)c(C(=O)OCC)c1C. The third-order valence-corrected chi connectivity index (χ3v) is 8.52. The summed E-state index contributed by atoms with van der Waals surface area (Å²) in [6.07, 6.45) is 0. The smallest absolute Gasteiger partial charge is 0.348 e. The number of benzene rings is 2. The van der Waals surface area contributed by atoms with Gasteiger partial charge in [0.15, 0.2) is 11.0 Å². The highest BCUT2D eigenvalue weighted by atomic mass is 32.2. The highest BCUT2D eigenvalue weighted by Crippen LogP contribution is 2.35. The maximum atomic E-state index is 14.1. The average Bonchev–Trinajstić information content (AvgIpc) is 3.56. The molecule has 0 radical (unpaired) electrons. The fourth-order valence-electron chi connectivity index (χ4n) is 4.11. The standard InChI is InChI=1S/C30H29F2N5O6S2/c1-5-42-28(40)23-16(3)24(29(41)43-6-2)45-27(23)34-25(38)17(4)44-30-36-35-22(37(30)19-13-11-18(31)12-14-19)15-33-26(39)20-9-7-8-10-21(20)32/h7-14,17H,5-6,15H2,1-4H3,(H,33,39)(H,34,38)/t17-/m0/s1. The molecule has 1 atom stereocenters. The van der Waals surface area contributed by atoms with Crippen LogP contribution in [0.25, 0.3) is 5.69 Å². The van der Waals surface area contributed by atoms with Gasteiger partial charge in [-0.05, 0) is 69.7 Å². The Hall–Kier alpha value is -4.63. The molecule has 11 nitrogen and oxygen atoms in total. The van der Waals surface area contributed by atoms with Crippen molar-refractivity contribution in [2.75, 3.05) is 18.5 Å². The average molecular weight is 658 g/mol. The van der Waals surface area contributed by atoms with Crippen molar-refractivity contribution in [3.05, 3.63) is 87.6 Å². The van der Waals surface area contributed by atoms with E-state index in [-0.39, 0.29) is 51.7 Å². The van der Waals surface area contributed by atoms with Crippen LogP contribution in [0.3, 0.4) is 0 Å². The van der Waals surface area contributed by atoms with Gasteiger partial charge >= 0.3 is 11.9 Å². The Kier molecular flexibility index (Phi) is 11.0. The minimum absolute atomic E-state index is 0.0535. The molecule has 0 fully saturated rings. The molecule has 0 aliphatic rings. The Morgan fingerprint density at radius 1 is 0.978 bits per heavy atom. The number of carbonyl (C=O) groups is 4. The molecule has 2 aromatic heterocycles. The number of amides is 2. The van der Waals surface area contributed by atoms with E-state index in [0.717, 1.165) is 23.1 Å². The maximum absolute atomic E-state index is 14.1. The molecule has 2 heterocycles. The highest BCUT2D eigenvalue weighted by Gasteiger charge is 2.29. The number of thioether (sulfide) groups is 1. The molecule has 0 saturated heterocycles. The Labute approximate surface area is 265 Å². The number of nitrogens with zero attached hydrogens (tertiary/aromatic N) is 3. The number of anilines is 1. The zero-order valence-electron chi connectivity index (χ0n) is 24.7. The summed E-state index contributed by atoms with van der Waals surface area (Å²) in [5, 5.41) is 13.2. The first-order chi connectivity index (χ1) is 21.5. The summed E-state index contributed by atoms with van der Waals surface area (Å²) < 4.78 is 39.6. The van der Waals surface area contributed by atoms with Crippen molar-refractivity contribution in [3.63, 3.8) is 0 Å². The second kappa shape index (κ2) is 14.9. The number of nitrogens with one attached hydrogen (secondary N) is 2. The first-order valence-electron chi connectivity index (χ1n) is 13.7. The minimum atomic E-state index is -0.822. The second-order valence-electron chi connectivity index (χ2n) is 9.32. The van der Waals surface area contributed by atoms with Crippen LogP contribution in [-0.2, 0) is 20.8 Å². The van der Waals surface area contributed by atoms with Crippen LogP contribution in [0.5, 0.6) is 0 Å². The summed E-state index contributed by atoms with van der Waals surface area (Å²) >= 11 is 1.91. The number of carbonyl (C=O) groups excluding carboxylic acids is 4. The van der Waals surface area contributed by atoms with Crippen LogP contribution in [0.1, 0.15) is 62.5 Å². The lowest BCUT2D eigenvalue weighted by atomic mass is 10.1. The number of thiophene rings is 1. The van der Waals surface area contributed by atoms with E-state index in [1.807, 2.05) is 0 Å². The van der Waals surface area contributed by atoms with E-state index < -0.39 is 40.6 Å². The van der Waals surface area contributed by atoms with Crippen molar-refractivity contribution in [1.29, 1.82) is 0 Å². The molecule has 0 bridgehead atoms. The molecule has 4 rings (SSSR count). The molecule has 236 valence electrons. The van der Waals surface area contributed by atoms with Crippen LogP contribution in [0.15, 0.2) is 53.7 Å². The van der Waals surface area contributed by atoms with Crippen molar-refractivity contribution in [1.82, 2.24) is 20.1 Å². The Balaban J connectivity index is 1.59. The zero-order chi connectivity index (χ0) is 32.7. The third kappa shape index (κ3) is 7.72. The summed E-state index contributed by atoms with van der Waals surface area (Å²) in [6.45, 7) is 6.52. The number of hydrogen-bond acceptors (Lipinski definition) is 10. The summed E-state index contributed by atoms with van der Waals surface area (Å²) in [6, 6.07) is 10.9. The van der Waals surface area contributed by atoms with Crippen LogP contribution >= 0.6 is 23.1 Å². The number of ether oxygens (including phenoxy) is 2. The maximum Gasteiger partial charge on any atom is 0.348 e. The Morgan fingerprint density at radius 3 is 2.31 bits per heavy atom. The largest absolute Gasteiger partial charge is 0.462 e. The number of hydrogen-bond donors (Lipinski definition) is 2. The predicted molar refractivity (Wildman–Crippen MR) is 164 cm³/mol. The van der Waals surface area contributed by atoms with Crippen molar-refractivity contribution >= 4 is 51.9 Å². The molecule has 2 N–H and O–H groups in total. The van der Waals surface area contributed by atoms with Gasteiger partial charge in [-0.15, -0.1) is 21.5 Å². The number of halogens is 2. The molecule has 0 spiro atoms.